The Labute approximate surface area is 137 Å². The number of hydrogen-bond acceptors (Lipinski definition) is 3. The molecule has 0 spiro atoms. The molecule has 0 bridgehead atoms. The molecule has 0 atom stereocenters. The van der Waals surface area contributed by atoms with Gasteiger partial charge in [-0.1, -0.05) is 24.3 Å². The van der Waals surface area contributed by atoms with E-state index in [0.29, 0.717) is 6.54 Å². The third-order valence-corrected chi connectivity index (χ3v) is 4.35. The van der Waals surface area contributed by atoms with Crippen LogP contribution in [0.15, 0.2) is 42.6 Å². The molecule has 2 heterocycles. The number of carbonyl (C=O) groups is 1. The molecule has 0 unspecified atom stereocenters. The van der Waals surface area contributed by atoms with Gasteiger partial charge in [-0.3, -0.25) is 4.79 Å². The van der Waals surface area contributed by atoms with Gasteiger partial charge in [0.05, 0.1) is 0 Å². The van der Waals surface area contributed by atoms with Crippen LogP contribution in [0.2, 0.25) is 0 Å². The molecule has 1 saturated heterocycles. The summed E-state index contributed by atoms with van der Waals surface area (Å²) in [5.74, 6) is 0.980. The van der Waals surface area contributed by atoms with Gasteiger partial charge in [0.2, 0.25) is 0 Å². The smallest absolute Gasteiger partial charge is 0.251 e. The zero-order valence-electron chi connectivity index (χ0n) is 13.6. The number of anilines is 1. The van der Waals surface area contributed by atoms with E-state index in [1.54, 1.807) is 0 Å². The number of piperidine rings is 1. The maximum absolute atomic E-state index is 12.4. The molecule has 0 radical (unpaired) electrons. The highest BCUT2D eigenvalue weighted by Crippen LogP contribution is 2.21. The first kappa shape index (κ1) is 15.5. The fraction of sp³-hybridized carbons (Fsp3) is 0.368. The van der Waals surface area contributed by atoms with Crippen molar-refractivity contribution in [2.75, 3.05) is 18.0 Å². The third-order valence-electron chi connectivity index (χ3n) is 4.35. The summed E-state index contributed by atoms with van der Waals surface area (Å²) in [5.41, 5.74) is 2.81. The molecular formula is C19H23N3O. The molecule has 0 saturated carbocycles. The van der Waals surface area contributed by atoms with Gasteiger partial charge >= 0.3 is 0 Å². The lowest BCUT2D eigenvalue weighted by Crippen LogP contribution is -2.32. The Kier molecular flexibility index (Phi) is 4.91. The number of nitrogens with zero attached hydrogens (tertiary/aromatic N) is 2. The van der Waals surface area contributed by atoms with Crippen molar-refractivity contribution in [2.45, 2.75) is 32.7 Å². The predicted octanol–water partition coefficient (Wildman–Crippen LogP) is 3.31. The van der Waals surface area contributed by atoms with Crippen molar-refractivity contribution in [3.63, 3.8) is 0 Å². The van der Waals surface area contributed by atoms with Gasteiger partial charge in [0, 0.05) is 37.0 Å². The molecule has 1 N–H and O–H groups in total. The summed E-state index contributed by atoms with van der Waals surface area (Å²) in [6.07, 6.45) is 5.55. The highest BCUT2D eigenvalue weighted by atomic mass is 16.1. The van der Waals surface area contributed by atoms with Crippen molar-refractivity contribution in [3.05, 3.63) is 59.3 Å². The van der Waals surface area contributed by atoms with Gasteiger partial charge in [-0.2, -0.15) is 0 Å². The topological polar surface area (TPSA) is 45.2 Å². The Morgan fingerprint density at radius 2 is 1.91 bits per heavy atom. The van der Waals surface area contributed by atoms with E-state index in [1.165, 1.54) is 19.3 Å². The molecule has 2 aromatic rings. The van der Waals surface area contributed by atoms with Gasteiger partial charge in [0.15, 0.2) is 0 Å². The average molecular weight is 309 g/mol. The molecule has 4 heteroatoms. The summed E-state index contributed by atoms with van der Waals surface area (Å²) in [6, 6.07) is 11.6. The fourth-order valence-corrected chi connectivity index (χ4v) is 3.06. The van der Waals surface area contributed by atoms with Crippen LogP contribution in [0.5, 0.6) is 0 Å². The minimum absolute atomic E-state index is 0.0310. The lowest BCUT2D eigenvalue weighted by Gasteiger charge is -2.29. The van der Waals surface area contributed by atoms with Crippen LogP contribution >= 0.6 is 0 Å². The number of aryl methyl sites for hydroxylation is 1. The van der Waals surface area contributed by atoms with Crippen LogP contribution in [0, 0.1) is 6.92 Å². The van der Waals surface area contributed by atoms with Crippen molar-refractivity contribution in [3.8, 4) is 0 Å². The van der Waals surface area contributed by atoms with Crippen molar-refractivity contribution in [1.82, 2.24) is 10.3 Å². The van der Waals surface area contributed by atoms with Crippen LogP contribution in [0.25, 0.3) is 0 Å². The molecule has 1 fully saturated rings. The molecule has 4 nitrogen and oxygen atoms in total. The fourth-order valence-electron chi connectivity index (χ4n) is 3.06. The van der Waals surface area contributed by atoms with Crippen molar-refractivity contribution in [2.24, 2.45) is 0 Å². The first-order chi connectivity index (χ1) is 11.3. The second-order valence-electron chi connectivity index (χ2n) is 6.03. The normalized spacial score (nSPS) is 14.6. The zero-order chi connectivity index (χ0) is 16.1. The third kappa shape index (κ3) is 3.70. The second-order valence-corrected chi connectivity index (χ2v) is 6.03. The van der Waals surface area contributed by atoms with Crippen LogP contribution in [0.4, 0.5) is 5.82 Å². The Balaban J connectivity index is 1.71. The van der Waals surface area contributed by atoms with Crippen LogP contribution in [-0.2, 0) is 6.54 Å². The highest BCUT2D eigenvalue weighted by molar-refractivity contribution is 5.95. The largest absolute Gasteiger partial charge is 0.356 e. The predicted molar refractivity (Wildman–Crippen MR) is 92.7 cm³/mol. The summed E-state index contributed by atoms with van der Waals surface area (Å²) in [5, 5.41) is 3.03. The molecule has 120 valence electrons. The summed E-state index contributed by atoms with van der Waals surface area (Å²) in [4.78, 5) is 19.3. The maximum atomic E-state index is 12.4. The number of nitrogens with one attached hydrogen (secondary N) is 1. The minimum atomic E-state index is -0.0310. The van der Waals surface area contributed by atoms with E-state index < -0.39 is 0 Å². The van der Waals surface area contributed by atoms with E-state index in [-0.39, 0.29) is 5.91 Å². The van der Waals surface area contributed by atoms with Crippen LogP contribution < -0.4 is 10.2 Å². The van der Waals surface area contributed by atoms with E-state index in [2.05, 4.69) is 21.3 Å². The van der Waals surface area contributed by atoms with Gasteiger partial charge in [-0.15, -0.1) is 0 Å². The van der Waals surface area contributed by atoms with Gasteiger partial charge in [0.25, 0.3) is 5.91 Å². The Morgan fingerprint density at radius 1 is 1.13 bits per heavy atom. The molecule has 1 aliphatic heterocycles. The second kappa shape index (κ2) is 7.27. The number of hydrogen-bond donors (Lipinski definition) is 1. The monoisotopic (exact) mass is 309 g/mol. The van der Waals surface area contributed by atoms with Crippen molar-refractivity contribution >= 4 is 11.7 Å². The maximum Gasteiger partial charge on any atom is 0.251 e. The number of amides is 1. The van der Waals surface area contributed by atoms with Crippen LogP contribution in [0.1, 0.15) is 40.7 Å². The van der Waals surface area contributed by atoms with Crippen LogP contribution in [0.3, 0.4) is 0 Å². The number of benzene rings is 1. The molecule has 1 amide bonds. The lowest BCUT2D eigenvalue weighted by atomic mass is 10.1. The van der Waals surface area contributed by atoms with E-state index in [4.69, 9.17) is 0 Å². The quantitative estimate of drug-likeness (QED) is 0.942. The van der Waals surface area contributed by atoms with E-state index in [0.717, 1.165) is 35.6 Å². The number of rotatable bonds is 4. The van der Waals surface area contributed by atoms with Crippen molar-refractivity contribution in [1.29, 1.82) is 0 Å². The van der Waals surface area contributed by atoms with Gasteiger partial charge < -0.3 is 10.2 Å². The zero-order valence-corrected chi connectivity index (χ0v) is 13.6. The Hall–Kier alpha value is -2.36. The highest BCUT2D eigenvalue weighted by Gasteiger charge is 2.16. The number of pyridine rings is 1. The summed E-state index contributed by atoms with van der Waals surface area (Å²) in [7, 11) is 0. The van der Waals surface area contributed by atoms with Gasteiger partial charge in [-0.25, -0.2) is 4.98 Å². The molecule has 23 heavy (non-hydrogen) atoms. The lowest BCUT2D eigenvalue weighted by molar-refractivity contribution is 0.0950. The SMILES string of the molecule is Cc1ccccc1C(=O)NCc1cccnc1N1CCCCC1. The molecule has 0 aliphatic carbocycles. The number of aromatic nitrogens is 1. The standard InChI is InChI=1S/C19H23N3O/c1-15-8-3-4-10-17(15)19(23)21-14-16-9-7-11-20-18(16)22-12-5-2-6-13-22/h3-4,7-11H,2,5-6,12-14H2,1H3,(H,21,23). The summed E-state index contributed by atoms with van der Waals surface area (Å²) < 4.78 is 0. The molecule has 1 aromatic heterocycles. The Morgan fingerprint density at radius 3 is 2.70 bits per heavy atom. The summed E-state index contributed by atoms with van der Waals surface area (Å²) >= 11 is 0. The Bertz CT molecular complexity index is 678. The minimum Gasteiger partial charge on any atom is -0.356 e. The van der Waals surface area contributed by atoms with Crippen molar-refractivity contribution < 1.29 is 4.79 Å². The van der Waals surface area contributed by atoms with Gasteiger partial charge in [-0.05, 0) is 43.9 Å². The average Bonchev–Trinajstić information content (AvgIpc) is 2.61. The summed E-state index contributed by atoms with van der Waals surface area (Å²) in [6.45, 7) is 4.57. The van der Waals surface area contributed by atoms with E-state index in [9.17, 15) is 4.79 Å². The van der Waals surface area contributed by atoms with Gasteiger partial charge in [0.1, 0.15) is 5.82 Å². The van der Waals surface area contributed by atoms with Crippen LogP contribution in [-0.4, -0.2) is 24.0 Å². The first-order valence-electron chi connectivity index (χ1n) is 8.28. The molecule has 3 rings (SSSR count). The van der Waals surface area contributed by atoms with E-state index in [1.807, 2.05) is 43.5 Å². The van der Waals surface area contributed by atoms with E-state index >= 15 is 0 Å². The molecule has 1 aromatic carbocycles. The first-order valence-corrected chi connectivity index (χ1v) is 8.28. The number of carbonyl (C=O) groups excluding carboxylic acids is 1. The molecular weight excluding hydrogens is 286 g/mol. The molecule has 1 aliphatic rings.